The Hall–Kier alpha value is -3.91. The highest BCUT2D eigenvalue weighted by atomic mass is 16.5. The highest BCUT2D eigenvalue weighted by Crippen LogP contribution is 2.45. The summed E-state index contributed by atoms with van der Waals surface area (Å²) >= 11 is 0. The van der Waals surface area contributed by atoms with Crippen molar-refractivity contribution in [2.24, 2.45) is 0 Å². The molecule has 0 bridgehead atoms. The Morgan fingerprint density at radius 3 is 2.59 bits per heavy atom. The molecule has 8 heteroatoms. The topological polar surface area (TPSA) is 79.6 Å². The van der Waals surface area contributed by atoms with E-state index in [2.05, 4.69) is 4.90 Å². The summed E-state index contributed by atoms with van der Waals surface area (Å²) in [5.74, 6) is 3.58. The lowest BCUT2D eigenvalue weighted by molar-refractivity contribution is 0.0813. The van der Waals surface area contributed by atoms with Gasteiger partial charge in [0.1, 0.15) is 24.0 Å². The summed E-state index contributed by atoms with van der Waals surface area (Å²) in [6, 6.07) is 9.20. The third-order valence-corrected chi connectivity index (χ3v) is 5.98. The average Bonchev–Trinajstić information content (AvgIpc) is 3.47. The van der Waals surface area contributed by atoms with E-state index in [9.17, 15) is 4.79 Å². The van der Waals surface area contributed by atoms with E-state index in [0.29, 0.717) is 53.9 Å². The van der Waals surface area contributed by atoms with Gasteiger partial charge in [0, 0.05) is 23.2 Å². The van der Waals surface area contributed by atoms with E-state index in [1.807, 2.05) is 25.1 Å². The Morgan fingerprint density at radius 1 is 1.06 bits per heavy atom. The zero-order valence-electron chi connectivity index (χ0n) is 19.5. The molecule has 0 radical (unpaired) electrons. The number of Topliss-reactive ketones (excluding diaryl/α,β-unsaturated/α-hetero) is 1. The zero-order valence-corrected chi connectivity index (χ0v) is 19.5. The largest absolute Gasteiger partial charge is 0.493 e. The molecular formula is C26H25NO7. The molecule has 176 valence electrons. The van der Waals surface area contributed by atoms with Crippen LogP contribution < -0.4 is 23.7 Å². The Bertz CT molecular complexity index is 1280. The van der Waals surface area contributed by atoms with Crippen molar-refractivity contribution in [2.75, 3.05) is 28.1 Å². The second-order valence-electron chi connectivity index (χ2n) is 8.07. The van der Waals surface area contributed by atoms with Gasteiger partial charge in [0.15, 0.2) is 17.3 Å². The van der Waals surface area contributed by atoms with Crippen molar-refractivity contribution in [3.05, 3.63) is 70.4 Å². The van der Waals surface area contributed by atoms with Crippen LogP contribution in [0.1, 0.15) is 32.8 Å². The number of benzene rings is 2. The van der Waals surface area contributed by atoms with Crippen LogP contribution in [0.25, 0.3) is 6.08 Å². The van der Waals surface area contributed by atoms with Crippen molar-refractivity contribution in [3.63, 3.8) is 0 Å². The second kappa shape index (κ2) is 8.79. The van der Waals surface area contributed by atoms with Crippen LogP contribution in [0.2, 0.25) is 0 Å². The van der Waals surface area contributed by atoms with Crippen molar-refractivity contribution in [1.82, 2.24) is 4.90 Å². The SMILES string of the molecule is COc1ccc(/C=C2\Oc3c(cc4c(c3C)OCN(Cc3ccco3)C4)C2=O)c(OC)c1OC. The van der Waals surface area contributed by atoms with Gasteiger partial charge in [-0.2, -0.15) is 0 Å². The van der Waals surface area contributed by atoms with Crippen molar-refractivity contribution in [1.29, 1.82) is 0 Å². The average molecular weight is 463 g/mol. The van der Waals surface area contributed by atoms with Crippen molar-refractivity contribution < 1.29 is 32.9 Å². The molecule has 0 saturated heterocycles. The minimum Gasteiger partial charge on any atom is -0.493 e. The molecule has 8 nitrogen and oxygen atoms in total. The van der Waals surface area contributed by atoms with E-state index in [1.165, 1.54) is 14.2 Å². The Morgan fingerprint density at radius 2 is 1.88 bits per heavy atom. The fraction of sp³-hybridized carbons (Fsp3) is 0.269. The molecule has 0 N–H and O–H groups in total. The first kappa shape index (κ1) is 21.9. The van der Waals surface area contributed by atoms with Crippen molar-refractivity contribution in [3.8, 4) is 28.7 Å². The lowest BCUT2D eigenvalue weighted by Crippen LogP contribution is -2.31. The Balaban J connectivity index is 1.47. The molecule has 0 fully saturated rings. The molecule has 2 aliphatic rings. The highest BCUT2D eigenvalue weighted by molar-refractivity contribution is 6.15. The molecule has 0 amide bonds. The maximum atomic E-state index is 13.3. The summed E-state index contributed by atoms with van der Waals surface area (Å²) in [5, 5.41) is 0. The van der Waals surface area contributed by atoms with Gasteiger partial charge in [-0.1, -0.05) is 0 Å². The maximum Gasteiger partial charge on any atom is 0.231 e. The van der Waals surface area contributed by atoms with Crippen LogP contribution in [-0.2, 0) is 13.1 Å². The lowest BCUT2D eigenvalue weighted by atomic mass is 10.00. The molecule has 0 aliphatic carbocycles. The number of furan rings is 1. The number of methoxy groups -OCH3 is 3. The van der Waals surface area contributed by atoms with Crippen molar-refractivity contribution >= 4 is 11.9 Å². The first-order valence-electron chi connectivity index (χ1n) is 10.8. The molecule has 0 unspecified atom stereocenters. The molecule has 0 atom stereocenters. The quantitative estimate of drug-likeness (QED) is 0.492. The molecule has 0 saturated carbocycles. The molecule has 0 spiro atoms. The van der Waals surface area contributed by atoms with Crippen LogP contribution in [0.3, 0.4) is 0 Å². The molecular weight excluding hydrogens is 438 g/mol. The van der Waals surface area contributed by atoms with Gasteiger partial charge in [-0.15, -0.1) is 0 Å². The summed E-state index contributed by atoms with van der Waals surface area (Å²) in [6.45, 7) is 3.59. The molecule has 2 aliphatic heterocycles. The number of fused-ring (bicyclic) bond motifs is 2. The molecule has 3 aromatic rings. The number of nitrogens with zero attached hydrogens (tertiary/aromatic N) is 1. The zero-order chi connectivity index (χ0) is 23.8. The minimum absolute atomic E-state index is 0.194. The summed E-state index contributed by atoms with van der Waals surface area (Å²) < 4.78 is 33.9. The third kappa shape index (κ3) is 3.66. The van der Waals surface area contributed by atoms with Gasteiger partial charge < -0.3 is 28.1 Å². The lowest BCUT2D eigenvalue weighted by Gasteiger charge is -2.29. The third-order valence-electron chi connectivity index (χ3n) is 5.98. The fourth-order valence-corrected chi connectivity index (χ4v) is 4.40. The van der Waals surface area contributed by atoms with Crippen molar-refractivity contribution in [2.45, 2.75) is 20.0 Å². The monoisotopic (exact) mass is 463 g/mol. The van der Waals surface area contributed by atoms with Crippen LogP contribution in [0.15, 0.2) is 46.8 Å². The van der Waals surface area contributed by atoms with Gasteiger partial charge in [-0.25, -0.2) is 0 Å². The minimum atomic E-state index is -0.194. The first-order valence-corrected chi connectivity index (χ1v) is 10.8. The number of hydrogen-bond donors (Lipinski definition) is 0. The van der Waals surface area contributed by atoms with E-state index in [0.717, 1.165) is 22.6 Å². The predicted octanol–water partition coefficient (Wildman–Crippen LogP) is 4.58. The van der Waals surface area contributed by atoms with E-state index < -0.39 is 0 Å². The molecule has 5 rings (SSSR count). The Kier molecular flexibility index (Phi) is 5.67. The second-order valence-corrected chi connectivity index (χ2v) is 8.07. The van der Waals surface area contributed by atoms with Crippen LogP contribution in [0.4, 0.5) is 0 Å². The Labute approximate surface area is 197 Å². The van der Waals surface area contributed by atoms with Crippen LogP contribution in [-0.4, -0.2) is 38.7 Å². The van der Waals surface area contributed by atoms with Crippen LogP contribution in [0, 0.1) is 6.92 Å². The van der Waals surface area contributed by atoms with Crippen LogP contribution >= 0.6 is 0 Å². The highest BCUT2D eigenvalue weighted by Gasteiger charge is 2.34. The summed E-state index contributed by atoms with van der Waals surface area (Å²) in [6.07, 6.45) is 3.31. The maximum absolute atomic E-state index is 13.3. The number of ketones is 1. The van der Waals surface area contributed by atoms with E-state index in [4.69, 9.17) is 28.1 Å². The smallest absolute Gasteiger partial charge is 0.231 e. The van der Waals surface area contributed by atoms with Gasteiger partial charge in [0.2, 0.25) is 11.5 Å². The number of ether oxygens (including phenoxy) is 5. The van der Waals surface area contributed by atoms with E-state index >= 15 is 0 Å². The van der Waals surface area contributed by atoms with Gasteiger partial charge >= 0.3 is 0 Å². The van der Waals surface area contributed by atoms with E-state index in [1.54, 1.807) is 31.6 Å². The van der Waals surface area contributed by atoms with Gasteiger partial charge in [-0.05, 0) is 43.3 Å². The number of hydrogen-bond acceptors (Lipinski definition) is 8. The molecule has 3 heterocycles. The van der Waals surface area contributed by atoms with Gasteiger partial charge in [0.05, 0.1) is 39.7 Å². The summed E-state index contributed by atoms with van der Waals surface area (Å²) in [4.78, 5) is 15.4. The number of rotatable bonds is 6. The number of carbonyl (C=O) groups is 1. The van der Waals surface area contributed by atoms with E-state index in [-0.39, 0.29) is 11.5 Å². The predicted molar refractivity (Wildman–Crippen MR) is 124 cm³/mol. The van der Waals surface area contributed by atoms with Crippen LogP contribution in [0.5, 0.6) is 28.7 Å². The summed E-state index contributed by atoms with van der Waals surface area (Å²) in [5.41, 5.74) is 2.90. The van der Waals surface area contributed by atoms with Gasteiger partial charge in [-0.3, -0.25) is 9.69 Å². The fourth-order valence-electron chi connectivity index (χ4n) is 4.40. The number of allylic oxidation sites excluding steroid dienone is 1. The van der Waals surface area contributed by atoms with Gasteiger partial charge in [0.25, 0.3) is 0 Å². The number of carbonyl (C=O) groups excluding carboxylic acids is 1. The first-order chi connectivity index (χ1) is 16.5. The molecule has 34 heavy (non-hydrogen) atoms. The standard InChI is InChI=1S/C26H25NO7/c1-15-23-17(12-27(14-33-23)13-18-6-5-9-32-18)10-19-22(28)21(34-24(15)19)11-16-7-8-20(29-2)26(31-4)25(16)30-3/h5-11H,12-14H2,1-4H3/b21-11-. The molecule has 1 aromatic heterocycles. The normalized spacial score (nSPS) is 16.0. The summed E-state index contributed by atoms with van der Waals surface area (Å²) in [7, 11) is 4.63. The molecule has 2 aromatic carbocycles.